The number of halogens is 2. The minimum Gasteiger partial charge on any atom is -0.489 e. The summed E-state index contributed by atoms with van der Waals surface area (Å²) >= 11 is 0. The Balaban J connectivity index is 1.37. The number of hydrogen-bond acceptors (Lipinski definition) is 4. The Bertz CT molecular complexity index is 1530. The summed E-state index contributed by atoms with van der Waals surface area (Å²) in [5.41, 5.74) is 8.61. The molecular weight excluding hydrogens is 546 g/mol. The van der Waals surface area contributed by atoms with Crippen LogP contribution in [0.4, 0.5) is 14.6 Å². The average Bonchev–Trinajstić information content (AvgIpc) is 3.48. The molecule has 1 atom stereocenters. The Labute approximate surface area is 253 Å². The number of allylic oxidation sites excluding steroid dienone is 1. The van der Waals surface area contributed by atoms with E-state index in [-0.39, 0.29) is 30.0 Å². The number of carbonyl (C=O) groups excluding carboxylic acids is 1. The number of rotatable bonds is 8. The van der Waals surface area contributed by atoms with E-state index in [0.717, 1.165) is 91.0 Å². The van der Waals surface area contributed by atoms with Crippen molar-refractivity contribution in [3.05, 3.63) is 88.5 Å². The van der Waals surface area contributed by atoms with E-state index in [9.17, 15) is 13.7 Å². The molecule has 0 saturated carbocycles. The van der Waals surface area contributed by atoms with E-state index in [2.05, 4.69) is 54.0 Å². The molecule has 1 saturated heterocycles. The quantitative estimate of drug-likeness (QED) is 0.271. The number of likely N-dealkylation sites (tertiary alicyclic amines) is 1. The highest BCUT2D eigenvalue weighted by molar-refractivity contribution is 6.01. The first-order valence-electron chi connectivity index (χ1n) is 15.4. The molecular formula is C36H40F2N2O3. The van der Waals surface area contributed by atoms with Crippen LogP contribution in [0.2, 0.25) is 0 Å². The number of carbonyl (C=O) groups is 1. The highest BCUT2D eigenvalue weighted by Gasteiger charge is 2.38. The van der Waals surface area contributed by atoms with Gasteiger partial charge in [0.05, 0.1) is 6.67 Å². The van der Waals surface area contributed by atoms with Gasteiger partial charge in [0.15, 0.2) is 5.75 Å². The fourth-order valence-electron chi connectivity index (χ4n) is 7.30. The van der Waals surface area contributed by atoms with Crippen LogP contribution < -0.4 is 14.6 Å². The molecule has 0 unspecified atom stereocenters. The largest absolute Gasteiger partial charge is 0.489 e. The Morgan fingerprint density at radius 2 is 1.74 bits per heavy atom. The Hall–Kier alpha value is -3.71. The second-order valence-corrected chi connectivity index (χ2v) is 12.7. The Kier molecular flexibility index (Phi) is 8.27. The van der Waals surface area contributed by atoms with Gasteiger partial charge >= 0.3 is 0 Å². The van der Waals surface area contributed by atoms with Gasteiger partial charge < -0.3 is 9.64 Å². The molecule has 2 heterocycles. The van der Waals surface area contributed by atoms with Crippen LogP contribution in [0.1, 0.15) is 74.3 Å². The smallest absolute Gasteiger partial charge is 0.224 e. The van der Waals surface area contributed by atoms with Crippen LogP contribution in [0.3, 0.4) is 0 Å². The molecule has 0 N–H and O–H groups in total. The van der Waals surface area contributed by atoms with E-state index >= 15 is 0 Å². The van der Waals surface area contributed by atoms with Crippen LogP contribution in [0.15, 0.2) is 60.7 Å². The first-order valence-corrected chi connectivity index (χ1v) is 15.4. The zero-order valence-electron chi connectivity index (χ0n) is 25.3. The Morgan fingerprint density at radius 1 is 0.977 bits per heavy atom. The fourth-order valence-corrected chi connectivity index (χ4v) is 7.30. The lowest BCUT2D eigenvalue weighted by molar-refractivity contribution is -0.117. The van der Waals surface area contributed by atoms with E-state index in [1.165, 1.54) is 11.1 Å². The summed E-state index contributed by atoms with van der Waals surface area (Å²) in [6, 6.07) is 20.2. The van der Waals surface area contributed by atoms with E-state index in [1.807, 2.05) is 23.1 Å². The maximum Gasteiger partial charge on any atom is 0.224 e. The molecule has 1 amide bonds. The molecule has 0 bridgehead atoms. The number of anilines is 1. The van der Waals surface area contributed by atoms with Crippen molar-refractivity contribution >= 4 is 22.7 Å². The van der Waals surface area contributed by atoms with Crippen LogP contribution in [-0.4, -0.2) is 48.8 Å². The van der Waals surface area contributed by atoms with Gasteiger partial charge in [-0.3, -0.25) is 19.0 Å². The van der Waals surface area contributed by atoms with Crippen LogP contribution >= 0.6 is 0 Å². The number of ether oxygens (including phenoxy) is 1. The SMILES string of the molecule is CC(=O)N1c2ccc(C3=C(c4ccc(O[C@H]5CCN(CCCF)C5)cc4)c4ccc(OF)cc4CCC3)cc2CC1(C)C. The minimum atomic E-state index is -0.285. The van der Waals surface area contributed by atoms with Gasteiger partial charge in [-0.1, -0.05) is 24.3 Å². The summed E-state index contributed by atoms with van der Waals surface area (Å²) in [5.74, 6) is 1.09. The van der Waals surface area contributed by atoms with Gasteiger partial charge in [0.1, 0.15) is 11.9 Å². The molecule has 0 radical (unpaired) electrons. The molecule has 3 aromatic carbocycles. The van der Waals surface area contributed by atoms with Gasteiger partial charge in [-0.05, 0) is 128 Å². The summed E-state index contributed by atoms with van der Waals surface area (Å²) in [6.45, 7) is 8.10. The monoisotopic (exact) mass is 586 g/mol. The van der Waals surface area contributed by atoms with E-state index in [4.69, 9.17) is 4.74 Å². The molecule has 1 fully saturated rings. The predicted molar refractivity (Wildman–Crippen MR) is 167 cm³/mol. The molecule has 0 spiro atoms. The second kappa shape index (κ2) is 12.1. The van der Waals surface area contributed by atoms with E-state index in [0.29, 0.717) is 6.42 Å². The first-order chi connectivity index (χ1) is 20.8. The third-order valence-corrected chi connectivity index (χ3v) is 9.10. The number of fused-ring (bicyclic) bond motifs is 2. The van der Waals surface area contributed by atoms with Crippen molar-refractivity contribution in [3.8, 4) is 11.5 Å². The molecule has 2 aliphatic heterocycles. The maximum atomic E-state index is 13.2. The summed E-state index contributed by atoms with van der Waals surface area (Å²) < 4.78 is 32.1. The molecule has 226 valence electrons. The molecule has 1 aliphatic carbocycles. The zero-order valence-corrected chi connectivity index (χ0v) is 25.3. The number of benzene rings is 3. The molecule has 3 aliphatic rings. The van der Waals surface area contributed by atoms with Gasteiger partial charge in [0.25, 0.3) is 0 Å². The summed E-state index contributed by atoms with van der Waals surface area (Å²) in [5, 5.41) is 0. The van der Waals surface area contributed by atoms with Crippen LogP contribution in [0.25, 0.3) is 11.1 Å². The second-order valence-electron chi connectivity index (χ2n) is 12.7. The van der Waals surface area contributed by atoms with Crippen molar-refractivity contribution in [2.45, 2.75) is 70.9 Å². The van der Waals surface area contributed by atoms with Crippen LogP contribution in [0, 0.1) is 0 Å². The fraction of sp³-hybridized carbons (Fsp3) is 0.417. The van der Waals surface area contributed by atoms with Gasteiger partial charge in [-0.2, -0.15) is 0 Å². The number of aryl methyl sites for hydroxylation is 1. The first kappa shape index (κ1) is 29.4. The van der Waals surface area contributed by atoms with Crippen molar-refractivity contribution < 1.29 is 23.4 Å². The highest BCUT2D eigenvalue weighted by atomic mass is 19.3. The number of amides is 1. The number of alkyl halides is 1. The average molecular weight is 587 g/mol. The molecule has 43 heavy (non-hydrogen) atoms. The summed E-state index contributed by atoms with van der Waals surface area (Å²) in [4.78, 5) is 20.8. The standard InChI is InChI=1S/C36H40F2N2O3/c1-24(41)40-34-15-10-27(20-28(34)22-36(40,2)3)32-7-4-6-26-21-30(43-38)13-14-33(26)35(32)25-8-11-29(12-9-25)42-31-16-19-39(23-31)18-5-17-37/h8-15,20-21,31H,4-7,16-19,22-23H2,1-3H3/t31-/m0/s1. The van der Waals surface area contributed by atoms with Crippen LogP contribution in [0.5, 0.6) is 11.5 Å². The van der Waals surface area contributed by atoms with E-state index < -0.39 is 0 Å². The van der Waals surface area contributed by atoms with E-state index in [1.54, 1.807) is 19.1 Å². The minimum absolute atomic E-state index is 0.0538. The van der Waals surface area contributed by atoms with Crippen molar-refractivity contribution in [2.75, 3.05) is 31.2 Å². The van der Waals surface area contributed by atoms with Crippen molar-refractivity contribution in [3.63, 3.8) is 0 Å². The molecule has 3 aromatic rings. The number of nitrogens with zero attached hydrogens (tertiary/aromatic N) is 2. The van der Waals surface area contributed by atoms with Crippen LogP contribution in [-0.2, 0) is 17.6 Å². The van der Waals surface area contributed by atoms with Gasteiger partial charge in [-0.25, -0.2) is 0 Å². The summed E-state index contributed by atoms with van der Waals surface area (Å²) in [6.07, 6.45) is 5.00. The third-order valence-electron chi connectivity index (χ3n) is 9.10. The van der Waals surface area contributed by atoms with Gasteiger partial charge in [0.2, 0.25) is 5.91 Å². The Morgan fingerprint density at radius 3 is 2.49 bits per heavy atom. The molecule has 7 heteroatoms. The zero-order chi connectivity index (χ0) is 30.1. The lowest BCUT2D eigenvalue weighted by Gasteiger charge is -2.31. The summed E-state index contributed by atoms with van der Waals surface area (Å²) in [7, 11) is 0. The topological polar surface area (TPSA) is 42.0 Å². The van der Waals surface area contributed by atoms with Gasteiger partial charge in [-0.15, -0.1) is 0 Å². The lowest BCUT2D eigenvalue weighted by Crippen LogP contribution is -2.44. The lowest BCUT2D eigenvalue weighted by atomic mass is 9.87. The molecule has 5 nitrogen and oxygen atoms in total. The van der Waals surface area contributed by atoms with Crippen molar-refractivity contribution in [2.24, 2.45) is 0 Å². The number of hydrogen-bond donors (Lipinski definition) is 0. The van der Waals surface area contributed by atoms with Gasteiger partial charge in [0, 0.05) is 42.3 Å². The third kappa shape index (κ3) is 5.92. The maximum absolute atomic E-state index is 13.2. The molecule has 0 aromatic heterocycles. The van der Waals surface area contributed by atoms with Crippen molar-refractivity contribution in [1.82, 2.24) is 4.90 Å². The predicted octanol–water partition coefficient (Wildman–Crippen LogP) is 7.75. The molecule has 6 rings (SSSR count). The normalized spacial score (nSPS) is 19.7. The van der Waals surface area contributed by atoms with Crippen molar-refractivity contribution in [1.29, 1.82) is 0 Å². The highest BCUT2D eigenvalue weighted by Crippen LogP contribution is 2.44.